The molecule has 0 saturated heterocycles. The maximum Gasteiger partial charge on any atom is 0.135 e. The molecule has 8 aromatic rings. The van der Waals surface area contributed by atoms with Crippen molar-refractivity contribution in [3.05, 3.63) is 138 Å². The Labute approximate surface area is 230 Å². The van der Waals surface area contributed by atoms with Gasteiger partial charge in [0.1, 0.15) is 11.2 Å². The van der Waals surface area contributed by atoms with Gasteiger partial charge in [0.05, 0.1) is 11.0 Å². The normalized spacial score (nSPS) is 11.7. The Hall–Kier alpha value is -4.79. The molecule has 0 aliphatic heterocycles. The van der Waals surface area contributed by atoms with E-state index < -0.39 is 0 Å². The van der Waals surface area contributed by atoms with E-state index in [0.717, 1.165) is 49.3 Å². The van der Waals surface area contributed by atoms with Crippen molar-refractivity contribution in [1.29, 1.82) is 0 Å². The average molecular weight is 520 g/mol. The van der Waals surface area contributed by atoms with E-state index in [2.05, 4.69) is 114 Å². The molecule has 0 saturated carbocycles. The molecule has 39 heavy (non-hydrogen) atoms. The Morgan fingerprint density at radius 1 is 0.462 bits per heavy atom. The van der Waals surface area contributed by atoms with Crippen LogP contribution < -0.4 is 0 Å². The molecule has 3 heteroatoms. The van der Waals surface area contributed by atoms with Crippen LogP contribution in [0.3, 0.4) is 0 Å². The number of rotatable bonds is 3. The minimum absolute atomic E-state index is 0.743. The number of hydrogen-bond acceptors (Lipinski definition) is 1. The molecule has 0 atom stereocenters. The molecule has 0 amide bonds. The summed E-state index contributed by atoms with van der Waals surface area (Å²) in [4.78, 5) is 0. The molecule has 0 N–H and O–H groups in total. The number of furan rings is 1. The van der Waals surface area contributed by atoms with Crippen LogP contribution >= 0.6 is 11.6 Å². The zero-order valence-electron chi connectivity index (χ0n) is 20.9. The molecule has 0 bridgehead atoms. The first kappa shape index (κ1) is 22.2. The monoisotopic (exact) mass is 519 g/mol. The summed E-state index contributed by atoms with van der Waals surface area (Å²) in [6.07, 6.45) is 0. The standard InChI is InChI=1S/C36H22ClNO/c37-32-12-6-4-10-27(32)25-16-19-36-31(21-25)30-20-23(15-18-35(30)39-36)24-14-17-29-28-11-5-7-13-33(28)38(34(29)22-24)26-8-2-1-3-9-26/h1-22H. The fourth-order valence-corrected chi connectivity index (χ4v) is 6.07. The van der Waals surface area contributed by atoms with E-state index in [1.807, 2.05) is 24.3 Å². The van der Waals surface area contributed by atoms with Crippen molar-refractivity contribution in [3.63, 3.8) is 0 Å². The third-order valence-corrected chi connectivity index (χ3v) is 8.01. The number of hydrogen-bond donors (Lipinski definition) is 0. The van der Waals surface area contributed by atoms with Crippen LogP contribution in [0, 0.1) is 0 Å². The number of halogens is 1. The summed E-state index contributed by atoms with van der Waals surface area (Å²) in [7, 11) is 0. The zero-order valence-corrected chi connectivity index (χ0v) is 21.7. The molecule has 6 aromatic carbocycles. The summed E-state index contributed by atoms with van der Waals surface area (Å²) in [6.45, 7) is 0. The first-order chi connectivity index (χ1) is 19.2. The highest BCUT2D eigenvalue weighted by molar-refractivity contribution is 6.33. The Balaban J connectivity index is 1.33. The van der Waals surface area contributed by atoms with E-state index in [-0.39, 0.29) is 0 Å². The lowest BCUT2D eigenvalue weighted by Crippen LogP contribution is -1.93. The van der Waals surface area contributed by atoms with Gasteiger partial charge in [0.25, 0.3) is 0 Å². The fraction of sp³-hybridized carbons (Fsp3) is 0. The van der Waals surface area contributed by atoms with Gasteiger partial charge in [-0.15, -0.1) is 0 Å². The predicted octanol–water partition coefficient (Wildman–Crippen LogP) is 10.7. The summed E-state index contributed by atoms with van der Waals surface area (Å²) in [5, 5.41) is 5.43. The largest absolute Gasteiger partial charge is 0.456 e. The Kier molecular flexibility index (Phi) is 4.91. The van der Waals surface area contributed by atoms with E-state index in [4.69, 9.17) is 16.0 Å². The number of aromatic nitrogens is 1. The Bertz CT molecular complexity index is 2190. The van der Waals surface area contributed by atoms with E-state index in [9.17, 15) is 0 Å². The van der Waals surface area contributed by atoms with Gasteiger partial charge in [0.15, 0.2) is 0 Å². The van der Waals surface area contributed by atoms with Gasteiger partial charge >= 0.3 is 0 Å². The van der Waals surface area contributed by atoms with E-state index >= 15 is 0 Å². The van der Waals surface area contributed by atoms with Crippen LogP contribution in [0.1, 0.15) is 0 Å². The maximum absolute atomic E-state index is 6.52. The van der Waals surface area contributed by atoms with Crippen molar-refractivity contribution in [2.75, 3.05) is 0 Å². The lowest BCUT2D eigenvalue weighted by molar-refractivity contribution is 0.669. The van der Waals surface area contributed by atoms with Crippen LogP contribution in [0.15, 0.2) is 138 Å². The van der Waals surface area contributed by atoms with E-state index in [0.29, 0.717) is 0 Å². The van der Waals surface area contributed by atoms with Crippen LogP contribution in [0.25, 0.3) is 71.7 Å². The lowest BCUT2D eigenvalue weighted by atomic mass is 9.99. The second kappa shape index (κ2) is 8.62. The van der Waals surface area contributed by atoms with Gasteiger partial charge in [0, 0.05) is 37.8 Å². The molecule has 0 radical (unpaired) electrons. The van der Waals surface area contributed by atoms with Crippen LogP contribution in [-0.2, 0) is 0 Å². The molecule has 0 aliphatic rings. The number of fused-ring (bicyclic) bond motifs is 6. The van der Waals surface area contributed by atoms with Gasteiger partial charge in [-0.25, -0.2) is 0 Å². The van der Waals surface area contributed by atoms with Crippen molar-refractivity contribution in [3.8, 4) is 27.9 Å². The summed E-state index contributed by atoms with van der Waals surface area (Å²) >= 11 is 6.52. The van der Waals surface area contributed by atoms with Crippen molar-refractivity contribution in [2.45, 2.75) is 0 Å². The molecule has 0 aliphatic carbocycles. The lowest BCUT2D eigenvalue weighted by Gasteiger charge is -2.09. The third-order valence-electron chi connectivity index (χ3n) is 7.68. The highest BCUT2D eigenvalue weighted by atomic mass is 35.5. The van der Waals surface area contributed by atoms with Crippen LogP contribution in [0.4, 0.5) is 0 Å². The predicted molar refractivity (Wildman–Crippen MR) is 164 cm³/mol. The minimum atomic E-state index is 0.743. The van der Waals surface area contributed by atoms with Crippen molar-refractivity contribution < 1.29 is 4.42 Å². The average Bonchev–Trinajstić information content (AvgIpc) is 3.52. The number of nitrogens with zero attached hydrogens (tertiary/aromatic N) is 1. The summed E-state index contributed by atoms with van der Waals surface area (Å²) < 4.78 is 8.57. The maximum atomic E-state index is 6.52. The van der Waals surface area contributed by atoms with Crippen LogP contribution in [-0.4, -0.2) is 4.57 Å². The van der Waals surface area contributed by atoms with Gasteiger partial charge in [-0.3, -0.25) is 0 Å². The summed E-state index contributed by atoms with van der Waals surface area (Å²) in [5.41, 5.74) is 9.73. The first-order valence-electron chi connectivity index (χ1n) is 13.0. The second-order valence-corrected chi connectivity index (χ2v) is 10.3. The van der Waals surface area contributed by atoms with E-state index in [1.54, 1.807) is 0 Å². The topological polar surface area (TPSA) is 18.1 Å². The third kappa shape index (κ3) is 3.49. The van der Waals surface area contributed by atoms with E-state index in [1.165, 1.54) is 27.4 Å². The van der Waals surface area contributed by atoms with Gasteiger partial charge in [-0.05, 0) is 71.3 Å². The highest BCUT2D eigenvalue weighted by Gasteiger charge is 2.15. The second-order valence-electron chi connectivity index (χ2n) is 9.92. The molecule has 2 aromatic heterocycles. The molecule has 2 heterocycles. The molecule has 0 spiro atoms. The Morgan fingerprint density at radius 2 is 1.08 bits per heavy atom. The number of benzene rings is 6. The molecule has 2 nitrogen and oxygen atoms in total. The van der Waals surface area contributed by atoms with Gasteiger partial charge in [-0.1, -0.05) is 90.5 Å². The highest BCUT2D eigenvalue weighted by Crippen LogP contribution is 2.38. The summed E-state index contributed by atoms with van der Waals surface area (Å²) in [6, 6.07) is 46.7. The molecule has 8 rings (SSSR count). The van der Waals surface area contributed by atoms with Crippen molar-refractivity contribution in [1.82, 2.24) is 4.57 Å². The van der Waals surface area contributed by atoms with Crippen LogP contribution in [0.2, 0.25) is 5.02 Å². The summed E-state index contributed by atoms with van der Waals surface area (Å²) in [5.74, 6) is 0. The van der Waals surface area contributed by atoms with Crippen LogP contribution in [0.5, 0.6) is 0 Å². The SMILES string of the molecule is Clc1ccccc1-c1ccc2oc3ccc(-c4ccc5c6ccccc6n(-c6ccccc6)c5c4)cc3c2c1. The number of para-hydroxylation sites is 2. The molecule has 0 unspecified atom stereocenters. The van der Waals surface area contributed by atoms with Gasteiger partial charge in [0.2, 0.25) is 0 Å². The smallest absolute Gasteiger partial charge is 0.135 e. The molecular formula is C36H22ClNO. The first-order valence-corrected chi connectivity index (χ1v) is 13.4. The molecule has 0 fully saturated rings. The Morgan fingerprint density at radius 3 is 1.90 bits per heavy atom. The van der Waals surface area contributed by atoms with Gasteiger partial charge < -0.3 is 8.98 Å². The van der Waals surface area contributed by atoms with Crippen molar-refractivity contribution in [2.24, 2.45) is 0 Å². The van der Waals surface area contributed by atoms with Gasteiger partial charge in [-0.2, -0.15) is 0 Å². The quantitative estimate of drug-likeness (QED) is 0.227. The minimum Gasteiger partial charge on any atom is -0.456 e. The fourth-order valence-electron chi connectivity index (χ4n) is 5.83. The molecular weight excluding hydrogens is 498 g/mol. The molecule has 184 valence electrons. The zero-order chi connectivity index (χ0) is 25.9. The van der Waals surface area contributed by atoms with Crippen molar-refractivity contribution >= 4 is 55.3 Å².